The van der Waals surface area contributed by atoms with Crippen LogP contribution in [0.5, 0.6) is 11.5 Å². The van der Waals surface area contributed by atoms with Crippen LogP contribution in [0.2, 0.25) is 0 Å². The van der Waals surface area contributed by atoms with Crippen LogP contribution in [-0.4, -0.2) is 37.9 Å². The third-order valence-corrected chi connectivity index (χ3v) is 5.66. The number of rotatable bonds is 10. The highest BCUT2D eigenvalue weighted by Gasteiger charge is 2.20. The highest BCUT2D eigenvalue weighted by molar-refractivity contribution is 9.09. The van der Waals surface area contributed by atoms with Crippen molar-refractivity contribution < 1.29 is 23.8 Å². The molecule has 1 atom stereocenters. The number of Topliss-reactive ketones (excluding diaryl/α,β-unsaturated/α-hetero) is 1. The number of ether oxygens (including phenoxy) is 3. The number of hydrogen-bond donors (Lipinski definition) is 0. The van der Waals surface area contributed by atoms with Crippen LogP contribution in [-0.2, 0) is 9.53 Å². The van der Waals surface area contributed by atoms with Gasteiger partial charge < -0.3 is 14.2 Å². The van der Waals surface area contributed by atoms with E-state index in [0.29, 0.717) is 23.0 Å². The van der Waals surface area contributed by atoms with Gasteiger partial charge in [0.1, 0.15) is 0 Å². The fraction of sp³-hybridized carbons (Fsp3) is 0.474. The molecule has 2 rings (SSSR count). The molecule has 0 bridgehead atoms. The van der Waals surface area contributed by atoms with Crippen molar-refractivity contribution in [1.29, 1.82) is 0 Å². The number of thiophene rings is 1. The van der Waals surface area contributed by atoms with E-state index in [0.717, 1.165) is 28.3 Å². The number of carbonyl (C=O) groups excluding carboxylic acids is 2. The van der Waals surface area contributed by atoms with Crippen molar-refractivity contribution in [2.75, 3.05) is 26.2 Å². The van der Waals surface area contributed by atoms with E-state index >= 15 is 0 Å². The normalized spacial score (nSPS) is 12.0. The van der Waals surface area contributed by atoms with Crippen LogP contribution in [0, 0.1) is 5.92 Å². The summed E-state index contributed by atoms with van der Waals surface area (Å²) in [7, 11) is 2.93. The Bertz CT molecular complexity index is 771. The van der Waals surface area contributed by atoms with Crippen molar-refractivity contribution in [2.45, 2.75) is 26.2 Å². The average molecular weight is 443 g/mol. The van der Waals surface area contributed by atoms with Gasteiger partial charge in [-0.15, -0.1) is 11.3 Å². The molecule has 0 spiro atoms. The summed E-state index contributed by atoms with van der Waals surface area (Å²) in [5, 5.41) is 1.88. The molecule has 26 heavy (non-hydrogen) atoms. The van der Waals surface area contributed by atoms with E-state index in [1.54, 1.807) is 14.0 Å². The highest BCUT2D eigenvalue weighted by Crippen LogP contribution is 2.37. The summed E-state index contributed by atoms with van der Waals surface area (Å²) in [6.07, 6.45) is 2.12. The smallest absolute Gasteiger partial charge is 0.308 e. The molecule has 0 radical (unpaired) electrons. The third kappa shape index (κ3) is 5.20. The molecule has 0 N–H and O–H groups in total. The van der Waals surface area contributed by atoms with Crippen molar-refractivity contribution in [2.24, 2.45) is 5.92 Å². The molecule has 0 unspecified atom stereocenters. The van der Waals surface area contributed by atoms with Crippen molar-refractivity contribution in [3.63, 3.8) is 0 Å². The Morgan fingerprint density at radius 3 is 2.58 bits per heavy atom. The summed E-state index contributed by atoms with van der Waals surface area (Å²) in [5.41, 5.74) is 0. The van der Waals surface area contributed by atoms with Crippen molar-refractivity contribution in [3.05, 3.63) is 23.1 Å². The fourth-order valence-corrected chi connectivity index (χ4v) is 3.92. The van der Waals surface area contributed by atoms with Gasteiger partial charge in [0.15, 0.2) is 17.3 Å². The van der Waals surface area contributed by atoms with Gasteiger partial charge in [-0.1, -0.05) is 22.9 Å². The molecule has 0 aliphatic carbocycles. The Morgan fingerprint density at radius 2 is 1.92 bits per heavy atom. The van der Waals surface area contributed by atoms with Crippen LogP contribution in [0.1, 0.15) is 35.9 Å². The number of carbonyl (C=O) groups is 2. The molecule has 0 aliphatic heterocycles. The minimum Gasteiger partial charge on any atom is -0.493 e. The predicted molar refractivity (Wildman–Crippen MR) is 107 cm³/mol. The van der Waals surface area contributed by atoms with Gasteiger partial charge >= 0.3 is 5.97 Å². The molecule has 1 aromatic heterocycles. The Morgan fingerprint density at radius 1 is 1.15 bits per heavy atom. The maximum atomic E-state index is 12.5. The molecule has 7 heteroatoms. The first-order chi connectivity index (χ1) is 12.5. The lowest BCUT2D eigenvalue weighted by molar-refractivity contribution is -0.144. The molecule has 0 fully saturated rings. The van der Waals surface area contributed by atoms with E-state index in [1.807, 2.05) is 18.2 Å². The van der Waals surface area contributed by atoms with Gasteiger partial charge in [0.05, 0.1) is 31.6 Å². The van der Waals surface area contributed by atoms with E-state index in [1.165, 1.54) is 18.4 Å². The topological polar surface area (TPSA) is 61.8 Å². The largest absolute Gasteiger partial charge is 0.493 e. The van der Waals surface area contributed by atoms with E-state index < -0.39 is 5.92 Å². The number of halogens is 1. The number of alkyl halides is 1. The lowest BCUT2D eigenvalue weighted by Gasteiger charge is -2.10. The van der Waals surface area contributed by atoms with Crippen LogP contribution < -0.4 is 9.47 Å². The molecule has 142 valence electrons. The van der Waals surface area contributed by atoms with Gasteiger partial charge in [-0.25, -0.2) is 0 Å². The van der Waals surface area contributed by atoms with E-state index in [-0.39, 0.29) is 18.2 Å². The number of ketones is 1. The second kappa shape index (κ2) is 9.92. The molecule has 5 nitrogen and oxygen atoms in total. The average Bonchev–Trinajstić information content (AvgIpc) is 3.06. The second-order valence-corrected chi connectivity index (χ2v) is 7.82. The minimum atomic E-state index is -0.458. The van der Waals surface area contributed by atoms with Gasteiger partial charge in [-0.3, -0.25) is 9.59 Å². The summed E-state index contributed by atoms with van der Waals surface area (Å²) >= 11 is 4.80. The quantitative estimate of drug-likeness (QED) is 0.228. The van der Waals surface area contributed by atoms with Crippen LogP contribution in [0.25, 0.3) is 10.1 Å². The molecule has 0 saturated heterocycles. The molecule has 0 aliphatic rings. The Balaban J connectivity index is 2.18. The molecule has 1 aromatic carbocycles. The number of fused-ring (bicyclic) bond motifs is 1. The lowest BCUT2D eigenvalue weighted by atomic mass is 10.0. The Kier molecular flexibility index (Phi) is 7.90. The molecule has 2 aromatic rings. The zero-order valence-corrected chi connectivity index (χ0v) is 17.6. The van der Waals surface area contributed by atoms with E-state index in [4.69, 9.17) is 9.47 Å². The van der Waals surface area contributed by atoms with Crippen LogP contribution in [0.3, 0.4) is 0 Å². The number of benzene rings is 1. The number of unbranched alkanes of at least 4 members (excludes halogenated alkanes) is 1. The van der Waals surface area contributed by atoms with Gasteiger partial charge in [0.25, 0.3) is 0 Å². The highest BCUT2D eigenvalue weighted by atomic mass is 79.9. The molecular weight excluding hydrogens is 420 g/mol. The standard InChI is InChI=1S/C19H23BrO5S/c1-12(19(22)24-3)8-14(21)18-10-13-9-16(25-7-5-4-6-20)15(23-2)11-17(13)26-18/h9-12H,4-8H2,1-3H3/t12-/m0/s1. The van der Waals surface area contributed by atoms with Crippen LogP contribution in [0.15, 0.2) is 18.2 Å². The van der Waals surface area contributed by atoms with Gasteiger partial charge in [0.2, 0.25) is 0 Å². The number of methoxy groups -OCH3 is 2. The fourth-order valence-electron chi connectivity index (χ4n) is 2.50. The zero-order valence-electron chi connectivity index (χ0n) is 15.2. The maximum Gasteiger partial charge on any atom is 0.308 e. The summed E-state index contributed by atoms with van der Waals surface area (Å²) in [5.74, 6) is 0.429. The molecule has 0 saturated carbocycles. The summed E-state index contributed by atoms with van der Waals surface area (Å²) < 4.78 is 16.9. The first-order valence-electron chi connectivity index (χ1n) is 8.41. The van der Waals surface area contributed by atoms with Gasteiger partial charge in [0, 0.05) is 22.5 Å². The second-order valence-electron chi connectivity index (χ2n) is 5.95. The van der Waals surface area contributed by atoms with Crippen LogP contribution >= 0.6 is 27.3 Å². The van der Waals surface area contributed by atoms with Crippen molar-refractivity contribution in [3.8, 4) is 11.5 Å². The van der Waals surface area contributed by atoms with Crippen molar-refractivity contribution >= 4 is 49.1 Å². The first kappa shape index (κ1) is 20.7. The minimum absolute atomic E-state index is 0.0668. The molecule has 1 heterocycles. The maximum absolute atomic E-state index is 12.5. The third-order valence-electron chi connectivity index (χ3n) is 3.96. The molecule has 0 amide bonds. The summed E-state index contributed by atoms with van der Waals surface area (Å²) in [6, 6.07) is 5.64. The SMILES string of the molecule is COC(=O)[C@@H](C)CC(=O)c1cc2cc(OCCCCBr)c(OC)cc2s1. The Hall–Kier alpha value is -1.60. The van der Waals surface area contributed by atoms with Crippen molar-refractivity contribution in [1.82, 2.24) is 0 Å². The predicted octanol–water partition coefficient (Wildman–Crippen LogP) is 4.85. The van der Waals surface area contributed by atoms with E-state index in [9.17, 15) is 9.59 Å². The van der Waals surface area contributed by atoms with Gasteiger partial charge in [-0.2, -0.15) is 0 Å². The first-order valence-corrected chi connectivity index (χ1v) is 10.3. The summed E-state index contributed by atoms with van der Waals surface area (Å²) in [6.45, 7) is 2.30. The molecular formula is C19H23BrO5S. The zero-order chi connectivity index (χ0) is 19.1. The number of esters is 1. The summed E-state index contributed by atoms with van der Waals surface area (Å²) in [4.78, 5) is 24.6. The van der Waals surface area contributed by atoms with Gasteiger partial charge in [-0.05, 0) is 30.4 Å². The lowest BCUT2D eigenvalue weighted by Crippen LogP contribution is -2.16. The number of hydrogen-bond acceptors (Lipinski definition) is 6. The monoisotopic (exact) mass is 442 g/mol. The Labute approximate surface area is 165 Å². The van der Waals surface area contributed by atoms with Crippen LogP contribution in [0.4, 0.5) is 0 Å². The van der Waals surface area contributed by atoms with E-state index in [2.05, 4.69) is 20.7 Å².